The van der Waals surface area contributed by atoms with Crippen molar-refractivity contribution in [3.05, 3.63) is 24.0 Å². The van der Waals surface area contributed by atoms with Gasteiger partial charge >= 0.3 is 0 Å². The van der Waals surface area contributed by atoms with Crippen molar-refractivity contribution in [2.75, 3.05) is 11.5 Å². The smallest absolute Gasteiger partial charge is 0.151 e. The first kappa shape index (κ1) is 11.3. The summed E-state index contributed by atoms with van der Waals surface area (Å²) in [6, 6.07) is 3.57. The number of aliphatic hydroxyl groups is 1. The minimum Gasteiger partial charge on any atom is -0.390 e. The van der Waals surface area contributed by atoms with E-state index in [1.54, 1.807) is 29.8 Å². The van der Waals surface area contributed by atoms with Crippen LogP contribution in [0.25, 0.3) is 0 Å². The van der Waals surface area contributed by atoms with Crippen LogP contribution in [-0.4, -0.2) is 29.6 Å². The molecule has 4 nitrogen and oxygen atoms in total. The van der Waals surface area contributed by atoms with Crippen molar-refractivity contribution < 1.29 is 13.5 Å². The summed E-state index contributed by atoms with van der Waals surface area (Å²) in [7, 11) is -2.92. The fourth-order valence-electron chi connectivity index (χ4n) is 1.19. The molecule has 0 amide bonds. The Labute approximate surface area is 84.1 Å². The molecule has 0 saturated heterocycles. The number of aryl methyl sites for hydroxylation is 1. The molecule has 0 spiro atoms. The van der Waals surface area contributed by atoms with Gasteiger partial charge in [0.05, 0.1) is 12.4 Å². The van der Waals surface area contributed by atoms with Gasteiger partial charge < -0.3 is 9.67 Å². The molecular formula is C9H15NO3S. The van der Waals surface area contributed by atoms with Gasteiger partial charge in [-0.3, -0.25) is 0 Å². The van der Waals surface area contributed by atoms with Crippen molar-refractivity contribution in [2.45, 2.75) is 20.1 Å². The van der Waals surface area contributed by atoms with E-state index in [2.05, 4.69) is 0 Å². The van der Waals surface area contributed by atoms with Crippen LogP contribution in [0.2, 0.25) is 0 Å². The Hall–Kier alpha value is -0.810. The third kappa shape index (κ3) is 2.85. The van der Waals surface area contributed by atoms with Crippen molar-refractivity contribution in [2.24, 2.45) is 0 Å². The first-order valence-corrected chi connectivity index (χ1v) is 6.36. The Bertz CT molecular complexity index is 381. The van der Waals surface area contributed by atoms with Gasteiger partial charge in [-0.1, -0.05) is 6.92 Å². The molecule has 0 aliphatic heterocycles. The lowest BCUT2D eigenvalue weighted by Crippen LogP contribution is -2.15. The number of sulfone groups is 1. The minimum absolute atomic E-state index is 0.0564. The Morgan fingerprint density at radius 3 is 2.79 bits per heavy atom. The van der Waals surface area contributed by atoms with Gasteiger partial charge in [0.1, 0.15) is 0 Å². The van der Waals surface area contributed by atoms with E-state index in [4.69, 9.17) is 5.11 Å². The topological polar surface area (TPSA) is 59.3 Å². The first-order valence-electron chi connectivity index (χ1n) is 4.54. The van der Waals surface area contributed by atoms with Crippen LogP contribution in [0.3, 0.4) is 0 Å². The van der Waals surface area contributed by atoms with E-state index in [-0.39, 0.29) is 18.1 Å². The second-order valence-corrected chi connectivity index (χ2v) is 5.56. The monoisotopic (exact) mass is 217 g/mol. The van der Waals surface area contributed by atoms with Crippen LogP contribution in [0.15, 0.2) is 18.3 Å². The average molecular weight is 217 g/mol. The predicted octanol–water partition coefficient (Wildman–Crippen LogP) is 0.415. The molecule has 0 unspecified atom stereocenters. The third-order valence-corrected chi connectivity index (χ3v) is 3.85. The zero-order valence-corrected chi connectivity index (χ0v) is 9.00. The predicted molar refractivity (Wildman–Crippen MR) is 54.7 cm³/mol. The van der Waals surface area contributed by atoms with E-state index >= 15 is 0 Å². The average Bonchev–Trinajstić information content (AvgIpc) is 2.62. The van der Waals surface area contributed by atoms with Crippen LogP contribution < -0.4 is 0 Å². The zero-order chi connectivity index (χ0) is 10.6. The second kappa shape index (κ2) is 4.61. The molecule has 0 saturated carbocycles. The van der Waals surface area contributed by atoms with Gasteiger partial charge in [-0.15, -0.1) is 0 Å². The number of nitrogens with zero attached hydrogens (tertiary/aromatic N) is 1. The number of hydrogen-bond donors (Lipinski definition) is 1. The molecule has 5 heteroatoms. The molecule has 80 valence electrons. The maximum Gasteiger partial charge on any atom is 0.151 e. The summed E-state index contributed by atoms with van der Waals surface area (Å²) in [5, 5.41) is 8.92. The normalized spacial score (nSPS) is 11.9. The highest BCUT2D eigenvalue weighted by molar-refractivity contribution is 7.91. The van der Waals surface area contributed by atoms with Gasteiger partial charge in [0, 0.05) is 24.2 Å². The molecule has 0 bridgehead atoms. The van der Waals surface area contributed by atoms with Gasteiger partial charge in [0.15, 0.2) is 9.84 Å². The molecule has 0 atom stereocenters. The molecule has 14 heavy (non-hydrogen) atoms. The fraction of sp³-hybridized carbons (Fsp3) is 0.556. The summed E-state index contributed by atoms with van der Waals surface area (Å²) in [6.07, 6.45) is 1.77. The van der Waals surface area contributed by atoms with Crippen LogP contribution in [-0.2, 0) is 23.0 Å². The lowest BCUT2D eigenvalue weighted by molar-refractivity contribution is 0.271. The van der Waals surface area contributed by atoms with E-state index in [1.807, 2.05) is 0 Å². The highest BCUT2D eigenvalue weighted by atomic mass is 32.2. The SMILES string of the molecule is CCS(=O)(=O)CCn1cccc1CO. The van der Waals surface area contributed by atoms with Crippen molar-refractivity contribution in [1.29, 1.82) is 0 Å². The fourth-order valence-corrected chi connectivity index (χ4v) is 1.96. The standard InChI is InChI=1S/C9H15NO3S/c1-2-14(12,13)7-6-10-5-3-4-9(10)8-11/h3-5,11H,2,6-8H2,1H3. The summed E-state index contributed by atoms with van der Waals surface area (Å²) in [4.78, 5) is 0. The molecule has 1 rings (SSSR count). The highest BCUT2D eigenvalue weighted by Crippen LogP contribution is 2.03. The maximum atomic E-state index is 11.2. The van der Waals surface area contributed by atoms with Gasteiger partial charge in [-0.05, 0) is 12.1 Å². The number of aromatic nitrogens is 1. The maximum absolute atomic E-state index is 11.2. The largest absolute Gasteiger partial charge is 0.390 e. The molecule has 0 aliphatic carbocycles. The van der Waals surface area contributed by atoms with Gasteiger partial charge in [-0.2, -0.15) is 0 Å². The van der Waals surface area contributed by atoms with Crippen LogP contribution in [0.4, 0.5) is 0 Å². The number of hydrogen-bond acceptors (Lipinski definition) is 3. The van der Waals surface area contributed by atoms with Crippen molar-refractivity contribution in [1.82, 2.24) is 4.57 Å². The summed E-state index contributed by atoms with van der Waals surface area (Å²) in [5.74, 6) is 0.300. The summed E-state index contributed by atoms with van der Waals surface area (Å²) < 4.78 is 24.2. The minimum atomic E-state index is -2.92. The molecule has 0 radical (unpaired) electrons. The summed E-state index contributed by atoms with van der Waals surface area (Å²) in [6.45, 7) is 2.00. The van der Waals surface area contributed by atoms with Crippen LogP contribution >= 0.6 is 0 Å². The van der Waals surface area contributed by atoms with E-state index in [0.29, 0.717) is 6.54 Å². The molecule has 1 N–H and O–H groups in total. The Kier molecular flexibility index (Phi) is 3.71. The lowest BCUT2D eigenvalue weighted by atomic mass is 10.4. The van der Waals surface area contributed by atoms with Gasteiger partial charge in [-0.25, -0.2) is 8.42 Å². The molecule has 0 aromatic carbocycles. The zero-order valence-electron chi connectivity index (χ0n) is 8.18. The molecule has 1 heterocycles. The lowest BCUT2D eigenvalue weighted by Gasteiger charge is -2.06. The first-order chi connectivity index (χ1) is 6.59. The van der Waals surface area contributed by atoms with Crippen LogP contribution in [0, 0.1) is 0 Å². The summed E-state index contributed by atoms with van der Waals surface area (Å²) in [5.41, 5.74) is 0.747. The third-order valence-electron chi connectivity index (χ3n) is 2.17. The van der Waals surface area contributed by atoms with Gasteiger partial charge in [0.2, 0.25) is 0 Å². The molecule has 0 aliphatic rings. The Morgan fingerprint density at radius 1 is 1.50 bits per heavy atom. The van der Waals surface area contributed by atoms with Gasteiger partial charge in [0.25, 0.3) is 0 Å². The Balaban J connectivity index is 2.62. The van der Waals surface area contributed by atoms with Crippen LogP contribution in [0.1, 0.15) is 12.6 Å². The van der Waals surface area contributed by atoms with E-state index < -0.39 is 9.84 Å². The van der Waals surface area contributed by atoms with Crippen molar-refractivity contribution >= 4 is 9.84 Å². The van der Waals surface area contributed by atoms with Crippen LogP contribution in [0.5, 0.6) is 0 Å². The quantitative estimate of drug-likeness (QED) is 0.777. The van der Waals surface area contributed by atoms with E-state index in [1.165, 1.54) is 0 Å². The number of rotatable bonds is 5. The molecule has 1 aromatic heterocycles. The molecular weight excluding hydrogens is 202 g/mol. The number of aliphatic hydroxyl groups excluding tert-OH is 1. The summed E-state index contributed by atoms with van der Waals surface area (Å²) >= 11 is 0. The van der Waals surface area contributed by atoms with E-state index in [0.717, 1.165) is 5.69 Å². The van der Waals surface area contributed by atoms with Crippen molar-refractivity contribution in [3.8, 4) is 0 Å². The Morgan fingerprint density at radius 2 is 2.21 bits per heavy atom. The van der Waals surface area contributed by atoms with E-state index in [9.17, 15) is 8.42 Å². The molecule has 0 fully saturated rings. The second-order valence-electron chi connectivity index (χ2n) is 3.09. The molecule has 1 aromatic rings. The highest BCUT2D eigenvalue weighted by Gasteiger charge is 2.08. The van der Waals surface area contributed by atoms with Crippen molar-refractivity contribution in [3.63, 3.8) is 0 Å².